The van der Waals surface area contributed by atoms with Crippen LogP contribution in [-0.4, -0.2) is 11.2 Å². The molecule has 2 atom stereocenters. The van der Waals surface area contributed by atoms with Crippen molar-refractivity contribution in [2.24, 2.45) is 0 Å². The van der Waals surface area contributed by atoms with Crippen LogP contribution in [0.15, 0.2) is 91.0 Å². The minimum atomic E-state index is -0.886. The summed E-state index contributed by atoms with van der Waals surface area (Å²) in [5, 5.41) is 13.6. The van der Waals surface area contributed by atoms with Crippen molar-refractivity contribution in [3.63, 3.8) is 0 Å². The van der Waals surface area contributed by atoms with Crippen molar-refractivity contribution in [1.82, 2.24) is 5.32 Å². The number of amides is 1. The third kappa shape index (κ3) is 4.71. The van der Waals surface area contributed by atoms with Gasteiger partial charge < -0.3 is 15.2 Å². The van der Waals surface area contributed by atoms with Crippen LogP contribution in [0.1, 0.15) is 28.8 Å². The highest BCUT2D eigenvalue weighted by Gasteiger charge is 2.25. The van der Waals surface area contributed by atoms with E-state index in [-0.39, 0.29) is 6.61 Å². The van der Waals surface area contributed by atoms with Crippen LogP contribution < -0.4 is 5.32 Å². The molecule has 4 heteroatoms. The first kappa shape index (κ1) is 17.7. The molecule has 3 aromatic rings. The summed E-state index contributed by atoms with van der Waals surface area (Å²) in [6, 6.07) is 27.5. The first-order valence-electron chi connectivity index (χ1n) is 8.49. The smallest absolute Gasteiger partial charge is 0.408 e. The topological polar surface area (TPSA) is 58.6 Å². The number of rotatable bonds is 6. The van der Waals surface area contributed by atoms with E-state index in [9.17, 15) is 9.90 Å². The number of benzene rings is 3. The van der Waals surface area contributed by atoms with Crippen molar-refractivity contribution in [2.45, 2.75) is 18.8 Å². The van der Waals surface area contributed by atoms with Gasteiger partial charge in [-0.15, -0.1) is 0 Å². The molecule has 3 rings (SSSR count). The van der Waals surface area contributed by atoms with Crippen molar-refractivity contribution in [1.29, 1.82) is 0 Å². The maximum Gasteiger partial charge on any atom is 0.408 e. The molecule has 0 unspecified atom stereocenters. The summed E-state index contributed by atoms with van der Waals surface area (Å²) in [5.74, 6) is 0. The third-order valence-corrected chi connectivity index (χ3v) is 4.10. The molecule has 0 bridgehead atoms. The maximum absolute atomic E-state index is 12.3. The van der Waals surface area contributed by atoms with Gasteiger partial charge in [-0.25, -0.2) is 4.79 Å². The molecular formula is C22H21NO3. The van der Waals surface area contributed by atoms with Crippen LogP contribution in [-0.2, 0) is 11.3 Å². The second kappa shape index (κ2) is 8.83. The molecule has 4 nitrogen and oxygen atoms in total. The second-order valence-electron chi connectivity index (χ2n) is 5.95. The summed E-state index contributed by atoms with van der Waals surface area (Å²) >= 11 is 0. The molecular weight excluding hydrogens is 326 g/mol. The van der Waals surface area contributed by atoms with Gasteiger partial charge in [-0.1, -0.05) is 91.0 Å². The highest BCUT2D eigenvalue weighted by Crippen LogP contribution is 2.28. The predicted octanol–water partition coefficient (Wildman–Crippen LogP) is 4.39. The Labute approximate surface area is 153 Å². The van der Waals surface area contributed by atoms with Crippen molar-refractivity contribution < 1.29 is 14.6 Å². The first-order chi connectivity index (χ1) is 12.7. The number of alkyl carbamates (subject to hydrolysis) is 1. The molecule has 132 valence electrons. The van der Waals surface area contributed by atoms with Crippen LogP contribution in [0.3, 0.4) is 0 Å². The van der Waals surface area contributed by atoms with Gasteiger partial charge in [0.25, 0.3) is 0 Å². The second-order valence-corrected chi connectivity index (χ2v) is 5.95. The fourth-order valence-corrected chi connectivity index (χ4v) is 2.74. The van der Waals surface area contributed by atoms with Crippen molar-refractivity contribution >= 4 is 6.09 Å². The summed E-state index contributed by atoms with van der Waals surface area (Å²) in [4.78, 5) is 12.3. The molecule has 0 heterocycles. The Morgan fingerprint density at radius 3 is 1.88 bits per heavy atom. The van der Waals surface area contributed by atoms with Crippen molar-refractivity contribution in [2.75, 3.05) is 0 Å². The zero-order chi connectivity index (χ0) is 18.2. The number of aliphatic hydroxyl groups is 1. The Morgan fingerprint density at radius 2 is 1.31 bits per heavy atom. The molecule has 3 aromatic carbocycles. The van der Waals surface area contributed by atoms with Gasteiger partial charge in [0.1, 0.15) is 12.7 Å². The quantitative estimate of drug-likeness (QED) is 0.695. The van der Waals surface area contributed by atoms with E-state index in [0.717, 1.165) is 16.7 Å². The Kier molecular flexibility index (Phi) is 6.01. The minimum absolute atomic E-state index is 0.176. The van der Waals surface area contributed by atoms with Crippen LogP contribution >= 0.6 is 0 Å². The molecule has 0 spiro atoms. The molecule has 0 radical (unpaired) electrons. The van der Waals surface area contributed by atoms with Crippen LogP contribution in [0.2, 0.25) is 0 Å². The van der Waals surface area contributed by atoms with Gasteiger partial charge in [0, 0.05) is 0 Å². The molecule has 0 fully saturated rings. The minimum Gasteiger partial charge on any atom is -0.445 e. The molecule has 0 aliphatic rings. The highest BCUT2D eigenvalue weighted by atomic mass is 16.5. The van der Waals surface area contributed by atoms with Crippen LogP contribution in [0, 0.1) is 0 Å². The van der Waals surface area contributed by atoms with Gasteiger partial charge in [0.15, 0.2) is 0 Å². The SMILES string of the molecule is O=C(N[C@H](c1ccccc1)[C@@H](O)c1ccccc1)OCc1ccccc1. The van der Waals surface area contributed by atoms with E-state index < -0.39 is 18.2 Å². The molecule has 2 N–H and O–H groups in total. The van der Waals surface area contributed by atoms with E-state index >= 15 is 0 Å². The monoisotopic (exact) mass is 347 g/mol. The van der Waals surface area contributed by atoms with E-state index in [4.69, 9.17) is 4.74 Å². The van der Waals surface area contributed by atoms with Gasteiger partial charge in [-0.05, 0) is 16.7 Å². The summed E-state index contributed by atoms with van der Waals surface area (Å²) in [6.07, 6.45) is -1.46. The summed E-state index contributed by atoms with van der Waals surface area (Å²) in [5.41, 5.74) is 2.44. The van der Waals surface area contributed by atoms with Crippen LogP contribution in [0.5, 0.6) is 0 Å². The van der Waals surface area contributed by atoms with E-state index in [0.29, 0.717) is 0 Å². The Balaban J connectivity index is 1.72. The predicted molar refractivity (Wildman–Crippen MR) is 100 cm³/mol. The fourth-order valence-electron chi connectivity index (χ4n) is 2.74. The summed E-state index contributed by atoms with van der Waals surface area (Å²) in [6.45, 7) is 0.176. The zero-order valence-corrected chi connectivity index (χ0v) is 14.3. The molecule has 1 amide bonds. The number of aliphatic hydroxyl groups excluding tert-OH is 1. The Hall–Kier alpha value is -3.11. The Morgan fingerprint density at radius 1 is 0.808 bits per heavy atom. The number of hydrogen-bond acceptors (Lipinski definition) is 3. The highest BCUT2D eigenvalue weighted by molar-refractivity contribution is 5.68. The molecule has 0 saturated heterocycles. The van der Waals surface area contributed by atoms with Gasteiger partial charge >= 0.3 is 6.09 Å². The molecule has 0 aliphatic heterocycles. The largest absolute Gasteiger partial charge is 0.445 e. The number of nitrogens with one attached hydrogen (secondary N) is 1. The molecule has 26 heavy (non-hydrogen) atoms. The lowest BCUT2D eigenvalue weighted by molar-refractivity contribution is 0.102. The Bertz CT molecular complexity index is 807. The van der Waals surface area contributed by atoms with E-state index in [1.165, 1.54) is 0 Å². The van der Waals surface area contributed by atoms with Gasteiger partial charge in [-0.2, -0.15) is 0 Å². The van der Waals surface area contributed by atoms with Gasteiger partial charge in [0.05, 0.1) is 6.04 Å². The number of ether oxygens (including phenoxy) is 1. The lowest BCUT2D eigenvalue weighted by Crippen LogP contribution is -2.33. The normalized spacial score (nSPS) is 12.8. The summed E-state index contributed by atoms with van der Waals surface area (Å²) < 4.78 is 5.30. The average Bonchev–Trinajstić information content (AvgIpc) is 2.72. The van der Waals surface area contributed by atoms with Gasteiger partial charge in [-0.3, -0.25) is 0 Å². The zero-order valence-electron chi connectivity index (χ0n) is 14.3. The van der Waals surface area contributed by atoms with Crippen LogP contribution in [0.25, 0.3) is 0 Å². The number of carbonyl (C=O) groups is 1. The number of hydrogen-bond donors (Lipinski definition) is 2. The number of carbonyl (C=O) groups excluding carboxylic acids is 1. The molecule has 0 aromatic heterocycles. The van der Waals surface area contributed by atoms with E-state index in [1.807, 2.05) is 91.0 Å². The third-order valence-electron chi connectivity index (χ3n) is 4.10. The first-order valence-corrected chi connectivity index (χ1v) is 8.49. The van der Waals surface area contributed by atoms with Crippen molar-refractivity contribution in [3.8, 4) is 0 Å². The van der Waals surface area contributed by atoms with Gasteiger partial charge in [0.2, 0.25) is 0 Å². The maximum atomic E-state index is 12.3. The van der Waals surface area contributed by atoms with E-state index in [2.05, 4.69) is 5.32 Å². The lowest BCUT2D eigenvalue weighted by Gasteiger charge is -2.24. The van der Waals surface area contributed by atoms with Crippen LogP contribution in [0.4, 0.5) is 4.79 Å². The fraction of sp³-hybridized carbons (Fsp3) is 0.136. The van der Waals surface area contributed by atoms with Crippen molar-refractivity contribution in [3.05, 3.63) is 108 Å². The summed E-state index contributed by atoms with van der Waals surface area (Å²) in [7, 11) is 0. The standard InChI is InChI=1S/C22H21NO3/c24-21(19-14-8-3-9-15-19)20(18-12-6-2-7-13-18)23-22(25)26-16-17-10-4-1-5-11-17/h1-15,20-21,24H,16H2,(H,23,25)/t20-,21+/m1/s1. The molecule has 0 saturated carbocycles. The molecule has 0 aliphatic carbocycles. The average molecular weight is 347 g/mol. The van der Waals surface area contributed by atoms with E-state index in [1.54, 1.807) is 0 Å². The lowest BCUT2D eigenvalue weighted by atomic mass is 9.96.